The number of nitrogens with one attached hydrogen (secondary N) is 1. The van der Waals surface area contributed by atoms with Gasteiger partial charge in [0.1, 0.15) is 17.4 Å². The number of methoxy groups -OCH3 is 1. The maximum absolute atomic E-state index is 13.3. The van der Waals surface area contributed by atoms with Gasteiger partial charge in [0, 0.05) is 32.6 Å². The summed E-state index contributed by atoms with van der Waals surface area (Å²) in [4.78, 5) is 14.6. The fourth-order valence-electron chi connectivity index (χ4n) is 3.87. The molecule has 2 heterocycles. The number of carbonyl (C=O) groups is 1. The number of benzene rings is 2. The predicted octanol–water partition coefficient (Wildman–Crippen LogP) is 2.86. The molecule has 0 spiro atoms. The smallest absolute Gasteiger partial charge is 0.224 e. The summed E-state index contributed by atoms with van der Waals surface area (Å²) in [6.07, 6.45) is 5.22. The van der Waals surface area contributed by atoms with Gasteiger partial charge in [-0.3, -0.25) is 9.69 Å². The first-order chi connectivity index (χ1) is 16.1. The Bertz CT molecular complexity index is 1110. The molecule has 0 radical (unpaired) electrons. The third kappa shape index (κ3) is 6.26. The molecule has 0 aliphatic carbocycles. The number of carbonyl (C=O) groups excluding carboxylic acids is 1. The standard InChI is InChI=1S/C25H28FN5O2/c1-33-22-9-7-19(8-10-22)5-3-12-30-13-11-23-28-29-24(31(23)15-14-30)18-27-25(32)17-20-4-2-6-21(26)16-20/h2-10,16H,11-15,17-18H2,1H3,(H,27,32). The number of fused-ring (bicyclic) bond motifs is 1. The molecule has 1 aliphatic rings. The summed E-state index contributed by atoms with van der Waals surface area (Å²) in [5.74, 6) is 2.02. The van der Waals surface area contributed by atoms with Crippen molar-refractivity contribution in [2.24, 2.45) is 0 Å². The van der Waals surface area contributed by atoms with Crippen molar-refractivity contribution in [3.8, 4) is 5.75 Å². The third-order valence-electron chi connectivity index (χ3n) is 5.68. The van der Waals surface area contributed by atoms with Gasteiger partial charge in [-0.25, -0.2) is 4.39 Å². The molecule has 3 aromatic rings. The van der Waals surface area contributed by atoms with Crippen LogP contribution < -0.4 is 10.1 Å². The van der Waals surface area contributed by atoms with Crippen molar-refractivity contribution in [2.45, 2.75) is 25.9 Å². The van der Waals surface area contributed by atoms with E-state index in [4.69, 9.17) is 4.74 Å². The first-order valence-electron chi connectivity index (χ1n) is 11.1. The normalized spacial score (nSPS) is 14.1. The quantitative estimate of drug-likeness (QED) is 0.573. The minimum atomic E-state index is -0.341. The lowest BCUT2D eigenvalue weighted by molar-refractivity contribution is -0.120. The molecule has 0 atom stereocenters. The summed E-state index contributed by atoms with van der Waals surface area (Å²) in [5, 5.41) is 11.5. The first-order valence-corrected chi connectivity index (χ1v) is 11.1. The lowest BCUT2D eigenvalue weighted by Gasteiger charge is -2.17. The summed E-state index contributed by atoms with van der Waals surface area (Å²) >= 11 is 0. The van der Waals surface area contributed by atoms with Gasteiger partial charge in [0.25, 0.3) is 0 Å². The SMILES string of the molecule is COc1ccc(C=CCN2CCc3nnc(CNC(=O)Cc4cccc(F)c4)n3CC2)cc1. The third-order valence-corrected chi connectivity index (χ3v) is 5.68. The van der Waals surface area contributed by atoms with E-state index in [2.05, 4.69) is 37.1 Å². The molecule has 4 rings (SSSR count). The lowest BCUT2D eigenvalue weighted by atomic mass is 10.1. The first kappa shape index (κ1) is 22.7. The topological polar surface area (TPSA) is 72.3 Å². The fourth-order valence-corrected chi connectivity index (χ4v) is 3.87. The molecule has 0 saturated carbocycles. The van der Waals surface area contributed by atoms with E-state index in [-0.39, 0.29) is 18.1 Å². The highest BCUT2D eigenvalue weighted by molar-refractivity contribution is 5.78. The van der Waals surface area contributed by atoms with Crippen LogP contribution in [0.5, 0.6) is 5.75 Å². The Kier molecular flexibility index (Phi) is 7.47. The average molecular weight is 450 g/mol. The number of amides is 1. The van der Waals surface area contributed by atoms with Gasteiger partial charge in [-0.15, -0.1) is 10.2 Å². The van der Waals surface area contributed by atoms with Gasteiger partial charge >= 0.3 is 0 Å². The van der Waals surface area contributed by atoms with Crippen LogP contribution >= 0.6 is 0 Å². The Balaban J connectivity index is 1.27. The van der Waals surface area contributed by atoms with Gasteiger partial charge in [-0.05, 0) is 35.4 Å². The van der Waals surface area contributed by atoms with E-state index >= 15 is 0 Å². The van der Waals surface area contributed by atoms with Crippen molar-refractivity contribution in [1.82, 2.24) is 25.0 Å². The second kappa shape index (κ2) is 10.9. The molecule has 0 fully saturated rings. The molecule has 0 saturated heterocycles. The monoisotopic (exact) mass is 449 g/mol. The number of rotatable bonds is 8. The number of aromatic nitrogens is 3. The van der Waals surface area contributed by atoms with Crippen molar-refractivity contribution in [3.05, 3.63) is 83.2 Å². The van der Waals surface area contributed by atoms with Gasteiger partial charge in [-0.1, -0.05) is 36.4 Å². The molecular formula is C25H28FN5O2. The zero-order valence-electron chi connectivity index (χ0n) is 18.7. The summed E-state index contributed by atoms with van der Waals surface area (Å²) < 4.78 is 20.6. The van der Waals surface area contributed by atoms with Crippen molar-refractivity contribution < 1.29 is 13.9 Å². The van der Waals surface area contributed by atoms with Crippen LogP contribution in [0.4, 0.5) is 4.39 Å². The molecule has 1 aliphatic heterocycles. The summed E-state index contributed by atoms with van der Waals surface area (Å²) in [6, 6.07) is 14.1. The Hall–Kier alpha value is -3.52. The van der Waals surface area contributed by atoms with Crippen LogP contribution in [-0.4, -0.2) is 52.3 Å². The second-order valence-corrected chi connectivity index (χ2v) is 7.99. The highest BCUT2D eigenvalue weighted by Crippen LogP contribution is 2.13. The van der Waals surface area contributed by atoms with E-state index in [0.717, 1.165) is 55.6 Å². The summed E-state index contributed by atoms with van der Waals surface area (Å²) in [6.45, 7) is 3.70. The number of hydrogen-bond donors (Lipinski definition) is 1. The van der Waals surface area contributed by atoms with Crippen molar-refractivity contribution >= 4 is 12.0 Å². The van der Waals surface area contributed by atoms with Crippen molar-refractivity contribution in [2.75, 3.05) is 26.7 Å². The van der Waals surface area contributed by atoms with Crippen LogP contribution in [0.2, 0.25) is 0 Å². The maximum Gasteiger partial charge on any atom is 0.224 e. The Morgan fingerprint density at radius 2 is 2.00 bits per heavy atom. The van der Waals surface area contributed by atoms with Crippen LogP contribution in [-0.2, 0) is 30.7 Å². The molecular weight excluding hydrogens is 421 g/mol. The van der Waals surface area contributed by atoms with Crippen LogP contribution in [0.15, 0.2) is 54.6 Å². The van der Waals surface area contributed by atoms with Crippen molar-refractivity contribution in [3.63, 3.8) is 0 Å². The van der Waals surface area contributed by atoms with Crippen LogP contribution in [0, 0.1) is 5.82 Å². The van der Waals surface area contributed by atoms with E-state index in [1.54, 1.807) is 19.2 Å². The van der Waals surface area contributed by atoms with Gasteiger partial charge in [0.05, 0.1) is 20.1 Å². The average Bonchev–Trinajstić information content (AvgIpc) is 3.09. The van der Waals surface area contributed by atoms with E-state index in [1.165, 1.54) is 12.1 Å². The van der Waals surface area contributed by atoms with Gasteiger partial charge in [-0.2, -0.15) is 0 Å². The largest absolute Gasteiger partial charge is 0.497 e. The highest BCUT2D eigenvalue weighted by Gasteiger charge is 2.18. The number of halogens is 1. The molecule has 172 valence electrons. The number of hydrogen-bond acceptors (Lipinski definition) is 5. The predicted molar refractivity (Wildman–Crippen MR) is 124 cm³/mol. The molecule has 1 amide bonds. The fraction of sp³-hybridized carbons (Fsp3) is 0.320. The van der Waals surface area contributed by atoms with Crippen LogP contribution in [0.1, 0.15) is 22.8 Å². The van der Waals surface area contributed by atoms with E-state index in [0.29, 0.717) is 12.1 Å². The van der Waals surface area contributed by atoms with E-state index < -0.39 is 0 Å². The highest BCUT2D eigenvalue weighted by atomic mass is 19.1. The van der Waals surface area contributed by atoms with Crippen molar-refractivity contribution in [1.29, 1.82) is 0 Å². The molecule has 7 nitrogen and oxygen atoms in total. The van der Waals surface area contributed by atoms with E-state index in [9.17, 15) is 9.18 Å². The Morgan fingerprint density at radius 1 is 1.15 bits per heavy atom. The number of ether oxygens (including phenoxy) is 1. The van der Waals surface area contributed by atoms with Gasteiger partial charge in [0.2, 0.25) is 5.91 Å². The van der Waals surface area contributed by atoms with Gasteiger partial charge < -0.3 is 14.6 Å². The zero-order valence-corrected chi connectivity index (χ0v) is 18.7. The summed E-state index contributed by atoms with van der Waals surface area (Å²) in [7, 11) is 1.66. The second-order valence-electron chi connectivity index (χ2n) is 7.99. The zero-order chi connectivity index (χ0) is 23.0. The molecule has 0 unspecified atom stereocenters. The lowest BCUT2D eigenvalue weighted by Crippen LogP contribution is -2.28. The summed E-state index contributed by atoms with van der Waals surface area (Å²) in [5.41, 5.74) is 1.78. The maximum atomic E-state index is 13.3. The van der Waals surface area contributed by atoms with Gasteiger partial charge in [0.15, 0.2) is 5.82 Å². The number of nitrogens with zero attached hydrogens (tertiary/aromatic N) is 4. The molecule has 1 aromatic heterocycles. The molecule has 33 heavy (non-hydrogen) atoms. The van der Waals surface area contributed by atoms with Crippen LogP contribution in [0.3, 0.4) is 0 Å². The minimum absolute atomic E-state index is 0.132. The molecule has 1 N–H and O–H groups in total. The Labute approximate surface area is 192 Å². The van der Waals surface area contributed by atoms with E-state index in [1.807, 2.05) is 24.3 Å². The molecule has 0 bridgehead atoms. The minimum Gasteiger partial charge on any atom is -0.497 e. The van der Waals surface area contributed by atoms with Crippen LogP contribution in [0.25, 0.3) is 6.08 Å². The molecule has 2 aromatic carbocycles. The molecule has 8 heteroatoms. The Morgan fingerprint density at radius 3 is 2.79 bits per heavy atom.